The maximum absolute atomic E-state index is 12.4. The normalized spacial score (nSPS) is 21.0. The van der Waals surface area contributed by atoms with Crippen LogP contribution in [0.3, 0.4) is 0 Å². The third-order valence-corrected chi connectivity index (χ3v) is 15.2. The molecule has 24 heteroatoms. The zero-order valence-electron chi connectivity index (χ0n) is 36.5. The molecule has 0 bridgehead atoms. The molecule has 2 atom stereocenters. The molecule has 20 nitrogen and oxygen atoms in total. The number of hydrogen-bond acceptors (Lipinski definition) is 14. The molecule has 3 aliphatic rings. The van der Waals surface area contributed by atoms with Crippen molar-refractivity contribution < 1.29 is 80.4 Å². The van der Waals surface area contributed by atoms with Gasteiger partial charge in [0, 0.05) is 73.8 Å². The molecule has 362 valence electrons. The lowest BCUT2D eigenvalue weighted by Crippen LogP contribution is -2.32. The van der Waals surface area contributed by atoms with Crippen LogP contribution in [0.15, 0.2) is 82.3 Å². The minimum Gasteiger partial charge on any atom is -0.383 e. The van der Waals surface area contributed by atoms with E-state index in [4.69, 9.17) is 9.57 Å². The van der Waals surface area contributed by atoms with Gasteiger partial charge in [-0.25, -0.2) is 4.79 Å². The summed E-state index contributed by atoms with van der Waals surface area (Å²) in [5, 5.41) is 0.477. The largest absolute Gasteiger partial charge is 0.383 e. The number of hydrogen-bond donors (Lipinski definition) is 4. The minimum atomic E-state index is -4.68. The van der Waals surface area contributed by atoms with Crippen molar-refractivity contribution in [2.75, 3.05) is 43.2 Å². The molecule has 0 aliphatic carbocycles. The average molecular weight is 1000 g/mol. The van der Waals surface area contributed by atoms with E-state index in [1.165, 1.54) is 43.5 Å². The Labute approximate surface area is 384 Å². The summed E-state index contributed by atoms with van der Waals surface area (Å²) < 4.78 is 143. The maximum Gasteiger partial charge on any atom is 0.333 e. The summed E-state index contributed by atoms with van der Waals surface area (Å²) in [5.41, 5.74) is 1.12. The second-order valence-electron chi connectivity index (χ2n) is 16.6. The molecule has 0 aromatic heterocycles. The van der Waals surface area contributed by atoms with E-state index in [-0.39, 0.29) is 63.0 Å². The number of carbonyl (C=O) groups is 3. The van der Waals surface area contributed by atoms with Crippen molar-refractivity contribution in [2.24, 2.45) is 0 Å². The fraction of sp³-hybridized carbons (Fsp3) is 0.476. The molecular weight excluding hydrogens is 947 g/mol. The smallest absolute Gasteiger partial charge is 0.333 e. The number of fused-ring (bicyclic) bond motifs is 2. The summed E-state index contributed by atoms with van der Waals surface area (Å²) in [5.74, 6) is -3.12. The Kier molecular flexibility index (Phi) is 16.4. The van der Waals surface area contributed by atoms with Crippen molar-refractivity contribution in [1.29, 1.82) is 0 Å². The molecule has 2 unspecified atom stereocenters. The van der Waals surface area contributed by atoms with Crippen LogP contribution >= 0.6 is 0 Å². The zero-order valence-corrected chi connectivity index (χ0v) is 39.8. The summed E-state index contributed by atoms with van der Waals surface area (Å²) >= 11 is 0. The first-order valence-corrected chi connectivity index (χ1v) is 27.0. The first-order chi connectivity index (χ1) is 30.7. The zero-order chi connectivity index (χ0) is 48.9. The Balaban J connectivity index is 1.52. The van der Waals surface area contributed by atoms with Crippen molar-refractivity contribution >= 4 is 75.3 Å². The van der Waals surface area contributed by atoms with Gasteiger partial charge < -0.3 is 14.5 Å². The molecule has 2 aromatic carbocycles. The quantitative estimate of drug-likeness (QED) is 0.0393. The van der Waals surface area contributed by atoms with Gasteiger partial charge in [-0.15, -0.1) is 5.06 Å². The van der Waals surface area contributed by atoms with E-state index in [2.05, 4.69) is 0 Å². The highest BCUT2D eigenvalue weighted by atomic mass is 32.2. The van der Waals surface area contributed by atoms with Crippen molar-refractivity contribution in [1.82, 2.24) is 5.06 Å². The molecule has 1 fully saturated rings. The third kappa shape index (κ3) is 12.7. The predicted octanol–water partition coefficient (Wildman–Crippen LogP) is 4.46. The van der Waals surface area contributed by atoms with Crippen LogP contribution in [0.1, 0.15) is 89.2 Å². The molecule has 2 aromatic rings. The van der Waals surface area contributed by atoms with E-state index in [1.807, 2.05) is 9.48 Å². The Morgan fingerprint density at radius 2 is 1.32 bits per heavy atom. The number of carbonyl (C=O) groups excluding carboxylic acids is 3. The van der Waals surface area contributed by atoms with Gasteiger partial charge in [-0.05, 0) is 94.3 Å². The van der Waals surface area contributed by atoms with Crippen LogP contribution in [0.2, 0.25) is 0 Å². The number of ether oxygens (including phenoxy) is 1. The van der Waals surface area contributed by atoms with Crippen LogP contribution in [0.5, 0.6) is 0 Å². The van der Waals surface area contributed by atoms with Crippen LogP contribution in [0, 0.1) is 0 Å². The lowest BCUT2D eigenvalue weighted by atomic mass is 9.76. The molecule has 66 heavy (non-hydrogen) atoms. The Hall–Kier alpha value is -4.66. The molecule has 0 spiro atoms. The van der Waals surface area contributed by atoms with Gasteiger partial charge in [-0.1, -0.05) is 18.2 Å². The fourth-order valence-corrected chi connectivity index (χ4v) is 10.7. The van der Waals surface area contributed by atoms with E-state index < -0.39 is 85.5 Å². The van der Waals surface area contributed by atoms with Crippen molar-refractivity contribution in [3.05, 3.63) is 83.6 Å². The summed E-state index contributed by atoms with van der Waals surface area (Å²) in [7, 11) is -16.6. The molecule has 0 saturated carbocycles. The van der Waals surface area contributed by atoms with Gasteiger partial charge >= 0.3 is 5.97 Å². The van der Waals surface area contributed by atoms with Gasteiger partial charge in [-0.2, -0.15) is 38.2 Å². The van der Waals surface area contributed by atoms with E-state index in [9.17, 15) is 66.3 Å². The second-order valence-corrected chi connectivity index (χ2v) is 22.6. The van der Waals surface area contributed by atoms with Gasteiger partial charge in [0.1, 0.15) is 6.54 Å². The van der Waals surface area contributed by atoms with Crippen LogP contribution < -0.4 is 4.90 Å². The number of allylic oxidation sites excluding steroid dienone is 6. The molecule has 3 heterocycles. The Morgan fingerprint density at radius 1 is 0.742 bits per heavy atom. The van der Waals surface area contributed by atoms with E-state index in [0.29, 0.717) is 64.8 Å². The van der Waals surface area contributed by atoms with Gasteiger partial charge in [-0.3, -0.25) is 27.8 Å². The number of amides is 2. The number of benzene rings is 2. The van der Waals surface area contributed by atoms with Crippen LogP contribution in [0.25, 0.3) is 0 Å². The van der Waals surface area contributed by atoms with Crippen molar-refractivity contribution in [2.45, 2.75) is 98.7 Å². The predicted molar refractivity (Wildman–Crippen MR) is 240 cm³/mol. The highest BCUT2D eigenvalue weighted by Crippen LogP contribution is 2.51. The minimum absolute atomic E-state index is 0.0150. The van der Waals surface area contributed by atoms with E-state index in [1.54, 1.807) is 44.2 Å². The van der Waals surface area contributed by atoms with Crippen LogP contribution in [-0.2, 0) is 75.3 Å². The first kappa shape index (κ1) is 52.3. The average Bonchev–Trinajstić information content (AvgIpc) is 3.74. The van der Waals surface area contributed by atoms with Gasteiger partial charge in [0.25, 0.3) is 52.3 Å². The van der Waals surface area contributed by atoms with Crippen molar-refractivity contribution in [3.8, 4) is 0 Å². The van der Waals surface area contributed by atoms with E-state index >= 15 is 0 Å². The molecule has 4 N–H and O–H groups in total. The second kappa shape index (κ2) is 20.7. The molecular formula is C42H54N3O17S4+. The third-order valence-electron chi connectivity index (χ3n) is 11.9. The molecule has 5 rings (SSSR count). The lowest BCUT2D eigenvalue weighted by Gasteiger charge is -2.30. The van der Waals surface area contributed by atoms with Crippen LogP contribution in [-0.4, -0.2) is 123 Å². The summed E-state index contributed by atoms with van der Waals surface area (Å²) in [6, 6.07) is 8.17. The first-order valence-electron chi connectivity index (χ1n) is 20.9. The van der Waals surface area contributed by atoms with Gasteiger partial charge in [0.2, 0.25) is 5.69 Å². The standard InChI is InChI=1S/C42H53N3O17S4/c1-41(21-10-26-63(49,50)51)32-28-30(65(55,56)57)15-17-34(32)43(23-9-5-8-14-40(48)62-45-38(46)19-20-39(45)47)36(41)12-6-4-7-13-37-42(2,22-11-27-64(52,53)54)33-29-31(66(58,59)60)16-18-35(33)44(37)24-25-61-3/h4,6-7,12-13,15-18,28-29H,5,8-11,14,19-27H2,1-3H3,(H3-,49,50,51,52,53,54,55,56,57,58,59,60)/p+1. The monoisotopic (exact) mass is 1000 g/mol. The fourth-order valence-electron chi connectivity index (χ4n) is 8.67. The number of anilines is 1. The van der Waals surface area contributed by atoms with Crippen molar-refractivity contribution in [3.63, 3.8) is 0 Å². The van der Waals surface area contributed by atoms with Gasteiger partial charge in [0.05, 0.1) is 33.3 Å². The van der Waals surface area contributed by atoms with E-state index in [0.717, 1.165) is 0 Å². The van der Waals surface area contributed by atoms with Crippen LogP contribution in [0.4, 0.5) is 11.4 Å². The number of imide groups is 1. The summed E-state index contributed by atoms with van der Waals surface area (Å²) in [6.45, 7) is 4.38. The molecule has 2 amide bonds. The van der Waals surface area contributed by atoms with Gasteiger partial charge in [0.15, 0.2) is 5.71 Å². The summed E-state index contributed by atoms with van der Waals surface area (Å²) in [6.07, 6.45) is 9.76. The number of methoxy groups -OCH3 is 1. The highest BCUT2D eigenvalue weighted by molar-refractivity contribution is 7.86. The number of hydroxylamine groups is 2. The molecule has 3 aliphatic heterocycles. The maximum atomic E-state index is 12.4. The summed E-state index contributed by atoms with van der Waals surface area (Å²) in [4.78, 5) is 42.2. The molecule has 0 radical (unpaired) electrons. The number of rotatable bonds is 23. The SMILES string of the molecule is COCCN1C(=CC=CC=CC2=[N+](CCCCCC(=O)ON3C(=O)CCC3=O)c3ccc(S(=O)(=O)O)cc3C2(C)CCCS(=O)(=O)O)C(C)(CCCS(=O)(=O)O)c2cc(S(=O)(=O)O)ccc21. The topological polar surface area (TPSA) is 297 Å². The Morgan fingerprint density at radius 3 is 1.89 bits per heavy atom. The number of unbranched alkanes of at least 4 members (excludes halogenated alkanes) is 2. The number of nitrogens with zero attached hydrogens (tertiary/aromatic N) is 3. The Bertz CT molecular complexity index is 2800. The lowest BCUT2D eigenvalue weighted by molar-refractivity contribution is -0.438. The highest BCUT2D eigenvalue weighted by Gasteiger charge is 2.48. The molecule has 1 saturated heterocycles.